The molecule has 7 heteroatoms. The molecule has 1 amide bonds. The van der Waals surface area contributed by atoms with Crippen molar-refractivity contribution >= 4 is 23.7 Å². The third kappa shape index (κ3) is 5.43. The van der Waals surface area contributed by atoms with Gasteiger partial charge in [0, 0.05) is 22.2 Å². The van der Waals surface area contributed by atoms with E-state index < -0.39 is 5.91 Å². The van der Waals surface area contributed by atoms with Gasteiger partial charge in [0.1, 0.15) is 17.4 Å². The molecule has 6 nitrogen and oxygen atoms in total. The normalized spacial score (nSPS) is 11.2. The van der Waals surface area contributed by atoms with Gasteiger partial charge >= 0.3 is 0 Å². The molecule has 0 saturated carbocycles. The zero-order valence-electron chi connectivity index (χ0n) is 18.1. The minimum atomic E-state index is -0.470. The van der Waals surface area contributed by atoms with Crippen LogP contribution in [0.4, 0.5) is 0 Å². The van der Waals surface area contributed by atoms with Crippen LogP contribution in [0.3, 0.4) is 0 Å². The molecule has 2 aromatic heterocycles. The monoisotopic (exact) mass is 454 g/mol. The SMILES string of the molecule is CCSc1ccc(-c2nn(-c3ccccc3)cc2C=C(C#N)C(=O)NCc2ccco2)cc1. The summed E-state index contributed by atoms with van der Waals surface area (Å²) < 4.78 is 7.00. The number of aromatic nitrogens is 2. The van der Waals surface area contributed by atoms with E-state index in [2.05, 4.69) is 24.4 Å². The van der Waals surface area contributed by atoms with Gasteiger partial charge < -0.3 is 9.73 Å². The number of para-hydroxylation sites is 1. The quantitative estimate of drug-likeness (QED) is 0.217. The van der Waals surface area contributed by atoms with Gasteiger partial charge in [-0.1, -0.05) is 37.3 Å². The van der Waals surface area contributed by atoms with Gasteiger partial charge in [-0.3, -0.25) is 4.79 Å². The van der Waals surface area contributed by atoms with Gasteiger partial charge in [0.25, 0.3) is 5.91 Å². The number of amides is 1. The van der Waals surface area contributed by atoms with Gasteiger partial charge in [-0.25, -0.2) is 4.68 Å². The highest BCUT2D eigenvalue weighted by Crippen LogP contribution is 2.28. The van der Waals surface area contributed by atoms with E-state index in [1.807, 2.05) is 54.7 Å². The Kier molecular flexibility index (Phi) is 7.08. The van der Waals surface area contributed by atoms with Crippen molar-refractivity contribution in [1.82, 2.24) is 15.1 Å². The van der Waals surface area contributed by atoms with Gasteiger partial charge in [-0.2, -0.15) is 10.4 Å². The van der Waals surface area contributed by atoms with Crippen LogP contribution in [0.5, 0.6) is 0 Å². The van der Waals surface area contributed by atoms with Crippen molar-refractivity contribution in [3.8, 4) is 23.0 Å². The molecule has 33 heavy (non-hydrogen) atoms. The Morgan fingerprint density at radius 2 is 1.94 bits per heavy atom. The molecule has 2 heterocycles. The van der Waals surface area contributed by atoms with Gasteiger partial charge in [-0.15, -0.1) is 11.8 Å². The number of carbonyl (C=O) groups excluding carboxylic acids is 1. The lowest BCUT2D eigenvalue weighted by Gasteiger charge is -2.04. The average Bonchev–Trinajstić information content (AvgIpc) is 3.52. The standard InChI is InChI=1S/C26H22N4O2S/c1-2-33-24-12-10-19(11-13-24)25-21(18-30(29-25)22-7-4-3-5-8-22)15-20(16-27)26(31)28-17-23-9-6-14-32-23/h3-15,18H,2,17H2,1H3,(H,28,31). The number of hydrogen-bond acceptors (Lipinski definition) is 5. The maximum absolute atomic E-state index is 12.6. The minimum absolute atomic E-state index is 0.00595. The number of furan rings is 1. The zero-order valence-corrected chi connectivity index (χ0v) is 18.9. The lowest BCUT2D eigenvalue weighted by atomic mass is 10.1. The highest BCUT2D eigenvalue weighted by atomic mass is 32.2. The van der Waals surface area contributed by atoms with Crippen LogP contribution in [0.2, 0.25) is 0 Å². The van der Waals surface area contributed by atoms with Crippen molar-refractivity contribution in [2.45, 2.75) is 18.4 Å². The number of nitriles is 1. The fourth-order valence-electron chi connectivity index (χ4n) is 3.29. The van der Waals surface area contributed by atoms with Crippen LogP contribution in [0.25, 0.3) is 23.0 Å². The second-order valence-corrected chi connectivity index (χ2v) is 8.44. The topological polar surface area (TPSA) is 83.8 Å². The number of nitrogens with zero attached hydrogens (tertiary/aromatic N) is 3. The molecule has 164 valence electrons. The first-order valence-corrected chi connectivity index (χ1v) is 11.5. The molecule has 0 bridgehead atoms. The Balaban J connectivity index is 1.69. The molecule has 4 aromatic rings. The third-order valence-corrected chi connectivity index (χ3v) is 5.76. The number of nitrogens with one attached hydrogen (secondary N) is 1. The lowest BCUT2D eigenvalue weighted by Crippen LogP contribution is -2.23. The van der Waals surface area contributed by atoms with E-state index >= 15 is 0 Å². The number of benzene rings is 2. The van der Waals surface area contributed by atoms with Gasteiger partial charge in [-0.05, 0) is 48.2 Å². The minimum Gasteiger partial charge on any atom is -0.467 e. The predicted molar refractivity (Wildman–Crippen MR) is 130 cm³/mol. The molecule has 0 saturated heterocycles. The Hall–Kier alpha value is -4.02. The van der Waals surface area contributed by atoms with Crippen molar-refractivity contribution < 1.29 is 9.21 Å². The van der Waals surface area contributed by atoms with Gasteiger partial charge in [0.05, 0.1) is 24.2 Å². The maximum Gasteiger partial charge on any atom is 0.262 e. The predicted octanol–water partition coefficient (Wildman–Crippen LogP) is 5.47. The van der Waals surface area contributed by atoms with E-state index in [-0.39, 0.29) is 12.1 Å². The summed E-state index contributed by atoms with van der Waals surface area (Å²) in [6.45, 7) is 2.32. The molecule has 0 atom stereocenters. The van der Waals surface area contributed by atoms with Gasteiger partial charge in [0.2, 0.25) is 0 Å². The summed E-state index contributed by atoms with van der Waals surface area (Å²) in [5.41, 5.74) is 3.16. The van der Waals surface area contributed by atoms with Crippen LogP contribution < -0.4 is 5.32 Å². The van der Waals surface area contributed by atoms with E-state index in [0.717, 1.165) is 17.0 Å². The first-order valence-electron chi connectivity index (χ1n) is 10.5. The summed E-state index contributed by atoms with van der Waals surface area (Å²) in [4.78, 5) is 13.8. The first-order chi connectivity index (χ1) is 16.2. The molecule has 0 aliphatic carbocycles. The second-order valence-electron chi connectivity index (χ2n) is 7.10. The summed E-state index contributed by atoms with van der Waals surface area (Å²) in [5, 5.41) is 17.2. The molecule has 0 fully saturated rings. The molecule has 2 aromatic carbocycles. The fourth-order valence-corrected chi connectivity index (χ4v) is 3.95. The van der Waals surface area contributed by atoms with Gasteiger partial charge in [0.15, 0.2) is 0 Å². The zero-order chi connectivity index (χ0) is 23.0. The number of hydrogen-bond donors (Lipinski definition) is 1. The molecule has 4 rings (SSSR count). The number of thioether (sulfide) groups is 1. The summed E-state index contributed by atoms with van der Waals surface area (Å²) in [5.74, 6) is 1.14. The number of carbonyl (C=O) groups is 1. The Morgan fingerprint density at radius 1 is 1.15 bits per heavy atom. The molecule has 0 radical (unpaired) electrons. The van der Waals surface area contributed by atoms with Crippen LogP contribution in [-0.2, 0) is 11.3 Å². The Labute approximate surface area is 196 Å². The van der Waals surface area contributed by atoms with E-state index in [1.165, 1.54) is 11.2 Å². The molecular weight excluding hydrogens is 432 g/mol. The van der Waals surface area contributed by atoms with E-state index in [0.29, 0.717) is 17.0 Å². The summed E-state index contributed by atoms with van der Waals surface area (Å²) >= 11 is 1.77. The van der Waals surface area contributed by atoms with E-state index in [9.17, 15) is 10.1 Å². The second kappa shape index (κ2) is 10.5. The fraction of sp³-hybridized carbons (Fsp3) is 0.115. The smallest absolute Gasteiger partial charge is 0.262 e. The van der Waals surface area contributed by atoms with Crippen LogP contribution in [0.15, 0.2) is 94.1 Å². The van der Waals surface area contributed by atoms with Crippen molar-refractivity contribution in [2.24, 2.45) is 0 Å². The Bertz CT molecular complexity index is 1280. The average molecular weight is 455 g/mol. The van der Waals surface area contributed by atoms with Crippen LogP contribution in [0, 0.1) is 11.3 Å². The van der Waals surface area contributed by atoms with E-state index in [1.54, 1.807) is 34.7 Å². The van der Waals surface area contributed by atoms with Crippen molar-refractivity contribution in [2.75, 3.05) is 5.75 Å². The van der Waals surface area contributed by atoms with Crippen molar-refractivity contribution in [3.05, 3.63) is 96.1 Å². The molecule has 0 spiro atoms. The first kappa shape index (κ1) is 22.2. The third-order valence-electron chi connectivity index (χ3n) is 4.87. The summed E-state index contributed by atoms with van der Waals surface area (Å²) in [7, 11) is 0. The number of rotatable bonds is 8. The van der Waals surface area contributed by atoms with Crippen molar-refractivity contribution in [3.63, 3.8) is 0 Å². The summed E-state index contributed by atoms with van der Waals surface area (Å²) in [6, 6.07) is 23.4. The highest BCUT2D eigenvalue weighted by molar-refractivity contribution is 7.99. The van der Waals surface area contributed by atoms with Crippen LogP contribution in [0.1, 0.15) is 18.2 Å². The lowest BCUT2D eigenvalue weighted by molar-refractivity contribution is -0.117. The van der Waals surface area contributed by atoms with Crippen molar-refractivity contribution in [1.29, 1.82) is 5.26 Å². The molecular formula is C26H22N4O2S. The molecule has 1 N–H and O–H groups in total. The molecule has 0 unspecified atom stereocenters. The maximum atomic E-state index is 12.6. The highest BCUT2D eigenvalue weighted by Gasteiger charge is 2.15. The van der Waals surface area contributed by atoms with E-state index in [4.69, 9.17) is 9.52 Å². The molecule has 0 aliphatic heterocycles. The Morgan fingerprint density at radius 3 is 2.61 bits per heavy atom. The summed E-state index contributed by atoms with van der Waals surface area (Å²) in [6.07, 6.45) is 4.95. The van der Waals surface area contributed by atoms with Crippen LogP contribution in [-0.4, -0.2) is 21.4 Å². The molecule has 0 aliphatic rings. The largest absolute Gasteiger partial charge is 0.467 e. The van der Waals surface area contributed by atoms with Crippen LogP contribution >= 0.6 is 11.8 Å².